The predicted molar refractivity (Wildman–Crippen MR) is 326 cm³/mol. The van der Waals surface area contributed by atoms with Gasteiger partial charge in [-0.05, 0) is 47.2 Å². The number of pyridine rings is 1. The first-order valence-electron chi connectivity index (χ1n) is 29.7. The molecule has 7 nitrogen and oxygen atoms in total. The van der Waals surface area contributed by atoms with Gasteiger partial charge in [-0.15, -0.1) is 0 Å². The molecule has 5 heterocycles. The normalized spacial score (nSPS) is 13.5. The molecule has 0 saturated carbocycles. The molecule has 0 fully saturated rings. The van der Waals surface area contributed by atoms with Crippen molar-refractivity contribution < 1.29 is 32.3 Å². The van der Waals surface area contributed by atoms with Gasteiger partial charge in [0.05, 0.1) is 28.2 Å². The van der Waals surface area contributed by atoms with E-state index in [1.165, 1.54) is 0 Å². The molecular formula is C73H50N6OPt-2. The molecule has 0 aliphatic rings. The van der Waals surface area contributed by atoms with Crippen molar-refractivity contribution in [1.29, 1.82) is 5.26 Å². The van der Waals surface area contributed by atoms with E-state index < -0.39 is 13.7 Å². The maximum absolute atomic E-state index is 10.3. The van der Waals surface area contributed by atoms with Gasteiger partial charge >= 0.3 is 305 Å². The number of ether oxygens (including phenoxy) is 1. The molecule has 15 rings (SSSR count). The van der Waals surface area contributed by atoms with E-state index in [9.17, 15) is 5.26 Å². The Hall–Kier alpha value is -9.60. The van der Waals surface area contributed by atoms with Crippen molar-refractivity contribution in [3.8, 4) is 68.1 Å². The van der Waals surface area contributed by atoms with Gasteiger partial charge in [-0.25, -0.2) is 0 Å². The zero-order valence-corrected chi connectivity index (χ0v) is 46.4. The predicted octanol–water partition coefficient (Wildman–Crippen LogP) is 18.3. The Bertz CT molecular complexity index is 5350. The zero-order valence-electron chi connectivity index (χ0n) is 50.1. The van der Waals surface area contributed by atoms with E-state index in [4.69, 9.17) is 17.9 Å². The topological polar surface area (TPSA) is 65.1 Å². The quantitative estimate of drug-likeness (QED) is 0.142. The number of nitriles is 1. The second-order valence-electron chi connectivity index (χ2n) is 21.6. The Morgan fingerprint density at radius 3 is 1.86 bits per heavy atom. The summed E-state index contributed by atoms with van der Waals surface area (Å²) in [5.41, 5.74) is 14.4. The third-order valence-electron chi connectivity index (χ3n) is 15.9. The molecule has 0 N–H and O–H groups in total. The van der Waals surface area contributed by atoms with Crippen molar-refractivity contribution >= 4 is 70.9 Å². The van der Waals surface area contributed by atoms with Crippen LogP contribution in [0.3, 0.4) is 0 Å². The second-order valence-corrected chi connectivity index (χ2v) is 22.6. The monoisotopic (exact) mass is 1230 g/mol. The molecule has 0 unspecified atom stereocenters. The van der Waals surface area contributed by atoms with Crippen molar-refractivity contribution in [1.82, 2.24) is 23.1 Å². The van der Waals surface area contributed by atoms with Crippen LogP contribution in [-0.2, 0) is 24.8 Å². The molecule has 0 atom stereocenters. The number of fused-ring (bicyclic) bond motifs is 10. The summed E-state index contributed by atoms with van der Waals surface area (Å²) in [5, 5.41) is 15.8. The van der Waals surface area contributed by atoms with E-state index in [0.717, 1.165) is 103 Å². The standard InChI is InChI=1S/C73H50N6O.Pt/c1-45-27-32-52(76-44-77(65-26-15-14-25-64(65)76)71-54(48-17-8-6-9-18-48)22-16-23-55(71)49-19-10-7-11-20-49)38-69(45)80-53-33-34-57-58-40-59-61-37-47(42-74)36-60-56-21-12-13-24-63(56)79(72(60)61)68(59)41-67(58)78(66(57)39-53)70-35-46(2)62(43-75-70)50-28-30-51(31-29-50)73(3,4)5;/h6-37,40-41,43H,1-5H3;/q-2;/i1D3,2D3;. The third kappa shape index (κ3) is 7.66. The number of hydrogen-bond donors (Lipinski definition) is 0. The smallest absolute Gasteiger partial charge is 0.0579 e. The molecule has 390 valence electrons. The first kappa shape index (κ1) is 42.4. The Morgan fingerprint density at radius 2 is 1.17 bits per heavy atom. The van der Waals surface area contributed by atoms with Crippen LogP contribution < -0.4 is 4.74 Å². The number of aromatic nitrogens is 5. The molecule has 81 heavy (non-hydrogen) atoms. The maximum atomic E-state index is 10.3. The van der Waals surface area contributed by atoms with Gasteiger partial charge in [0.25, 0.3) is 0 Å². The summed E-state index contributed by atoms with van der Waals surface area (Å²) in [7, 11) is 0. The summed E-state index contributed by atoms with van der Waals surface area (Å²) in [6, 6.07) is 77.6. The molecule has 0 aliphatic carbocycles. The molecule has 5 aromatic heterocycles. The Kier molecular flexibility index (Phi) is 9.67. The van der Waals surface area contributed by atoms with Crippen molar-refractivity contribution in [2.75, 3.05) is 0 Å². The first-order chi connectivity index (χ1) is 41.9. The summed E-state index contributed by atoms with van der Waals surface area (Å²) >= 11 is 2.36. The number of rotatable bonds is 8. The molecule has 10 aromatic carbocycles. The fourth-order valence-electron chi connectivity index (χ4n) is 12.0. The fourth-order valence-corrected chi connectivity index (χ4v) is 13.1. The molecule has 15 aromatic rings. The van der Waals surface area contributed by atoms with E-state index in [0.29, 0.717) is 33.7 Å². The van der Waals surface area contributed by atoms with Gasteiger partial charge in [0, 0.05) is 37.4 Å². The molecule has 0 saturated heterocycles. The Balaban J connectivity index is 0.944. The minimum atomic E-state index is -2.62. The van der Waals surface area contributed by atoms with Crippen molar-refractivity contribution in [3.05, 3.63) is 251 Å². The molecular weight excluding hydrogens is 1170 g/mol. The fraction of sp³-hybridized carbons (Fsp3) is 0.0822. The van der Waals surface area contributed by atoms with E-state index in [1.54, 1.807) is 30.5 Å². The molecule has 8 heteroatoms. The van der Waals surface area contributed by atoms with E-state index in [-0.39, 0.29) is 28.0 Å². The van der Waals surface area contributed by atoms with Crippen LogP contribution in [0.2, 0.25) is 0 Å². The number of nitrogens with zero attached hydrogens (tertiary/aromatic N) is 6. The average Bonchev–Trinajstić information content (AvgIpc) is 1.59. The van der Waals surface area contributed by atoms with Gasteiger partial charge in [-0.1, -0.05) is 63.2 Å². The number of para-hydroxylation sites is 4. The minimum absolute atomic E-state index is 0.0159. The summed E-state index contributed by atoms with van der Waals surface area (Å²) in [6.45, 7) is 1.26. The van der Waals surface area contributed by atoms with Crippen molar-refractivity contribution in [3.63, 3.8) is 0 Å². The SMILES string of the molecule is [2H]C([2H])([2H])c1ccc(-n2[c](=[Pt])n(-c3c(-c4ccccc4)cccc3-c3ccccc3)c3ccccc32)[c-]c1Oc1[c-]c2c(cc1)c1cc3c4cc(C#N)cc5c6ccccc6n(c3cc1n2-c1cc(C([2H])([2H])[2H])c(-c2ccc(C(C)(C)C)cc2)cn1)c54. The van der Waals surface area contributed by atoms with E-state index >= 15 is 0 Å². The van der Waals surface area contributed by atoms with Crippen LogP contribution in [0, 0.1) is 41.0 Å². The van der Waals surface area contributed by atoms with Crippen molar-refractivity contribution in [2.45, 2.75) is 39.9 Å². The molecule has 0 bridgehead atoms. The number of hydrogen-bond acceptors (Lipinski definition) is 3. The number of benzene rings is 10. The second kappa shape index (κ2) is 18.5. The average molecular weight is 1230 g/mol. The van der Waals surface area contributed by atoms with E-state index in [1.807, 2.05) is 114 Å². The minimum Gasteiger partial charge on any atom is -0.0579 e. The van der Waals surface area contributed by atoms with Gasteiger partial charge in [0.1, 0.15) is 0 Å². The van der Waals surface area contributed by atoms with Gasteiger partial charge in [0.2, 0.25) is 0 Å². The number of imidazole rings is 1. The first-order valence-corrected chi connectivity index (χ1v) is 27.9. The van der Waals surface area contributed by atoms with Crippen LogP contribution in [0.4, 0.5) is 0 Å². The Labute approximate surface area is 487 Å². The molecule has 0 radical (unpaired) electrons. The Morgan fingerprint density at radius 1 is 0.531 bits per heavy atom. The molecule has 0 amide bonds. The summed E-state index contributed by atoms with van der Waals surface area (Å²) in [4.78, 5) is 5.11. The van der Waals surface area contributed by atoms with E-state index in [2.05, 4.69) is 145 Å². The van der Waals surface area contributed by atoms with Crippen LogP contribution in [0.5, 0.6) is 11.5 Å². The van der Waals surface area contributed by atoms with Gasteiger partial charge < -0.3 is 4.40 Å². The van der Waals surface area contributed by atoms with Crippen LogP contribution in [0.25, 0.3) is 122 Å². The van der Waals surface area contributed by atoms with Crippen molar-refractivity contribution in [2.24, 2.45) is 0 Å². The summed E-state index contributed by atoms with van der Waals surface area (Å²) in [6.07, 6.45) is 1.64. The zero-order chi connectivity index (χ0) is 59.8. The summed E-state index contributed by atoms with van der Waals surface area (Å²) in [5.74, 6) is 0.508. The van der Waals surface area contributed by atoms with Gasteiger partial charge in [-0.2, -0.15) is 5.26 Å². The van der Waals surface area contributed by atoms with Gasteiger partial charge in [0.15, 0.2) is 0 Å². The van der Waals surface area contributed by atoms with Gasteiger partial charge in [-0.3, -0.25) is 0 Å². The van der Waals surface area contributed by atoms with Crippen LogP contribution in [-0.4, -0.2) is 23.1 Å². The number of aryl methyl sites for hydroxylation is 2. The third-order valence-corrected chi connectivity index (χ3v) is 16.9. The van der Waals surface area contributed by atoms with Crippen LogP contribution in [0.15, 0.2) is 212 Å². The molecule has 0 aliphatic heterocycles. The van der Waals surface area contributed by atoms with Crippen LogP contribution >= 0.6 is 0 Å². The summed E-state index contributed by atoms with van der Waals surface area (Å²) < 4.78 is 69.6. The molecule has 0 spiro atoms. The van der Waals surface area contributed by atoms with Crippen LogP contribution in [0.1, 0.15) is 51.2 Å².